The lowest BCUT2D eigenvalue weighted by molar-refractivity contribution is 0.110. The molecule has 0 saturated heterocycles. The summed E-state index contributed by atoms with van der Waals surface area (Å²) in [4.78, 5) is 10.4. The summed E-state index contributed by atoms with van der Waals surface area (Å²) >= 11 is 0. The maximum atomic E-state index is 10.4. The summed E-state index contributed by atoms with van der Waals surface area (Å²) in [5, 5.41) is 0. The predicted molar refractivity (Wildman–Crippen MR) is 56.5 cm³/mol. The topological polar surface area (TPSA) is 43.4 Å². The van der Waals surface area contributed by atoms with Gasteiger partial charge in [0.15, 0.2) is 12.0 Å². The van der Waals surface area contributed by atoms with Crippen molar-refractivity contribution < 1.29 is 13.6 Å². The lowest BCUT2D eigenvalue weighted by Crippen LogP contribution is -1.68. The largest absolute Gasteiger partial charge is 0.462 e. The Labute approximate surface area is 87.0 Å². The number of carbonyl (C=O) groups excluding carboxylic acids is 1. The minimum Gasteiger partial charge on any atom is -0.462 e. The second-order valence-corrected chi connectivity index (χ2v) is 3.14. The Bertz CT molecular complexity index is 488. The van der Waals surface area contributed by atoms with E-state index in [1.807, 2.05) is 19.1 Å². The molecule has 0 amide bonds. The van der Waals surface area contributed by atoms with Crippen molar-refractivity contribution in [2.24, 2.45) is 0 Å². The minimum absolute atomic E-state index is 0.324. The van der Waals surface area contributed by atoms with Gasteiger partial charge in [-0.3, -0.25) is 4.79 Å². The lowest BCUT2D eigenvalue weighted by Gasteiger charge is -1.85. The van der Waals surface area contributed by atoms with Crippen molar-refractivity contribution in [3.8, 4) is 0 Å². The van der Waals surface area contributed by atoms with Crippen LogP contribution >= 0.6 is 0 Å². The Morgan fingerprint density at radius 3 is 2.07 bits per heavy atom. The third-order valence-electron chi connectivity index (χ3n) is 1.94. The number of aryl methyl sites for hydroxylation is 1. The Hall–Kier alpha value is -2.03. The van der Waals surface area contributed by atoms with Crippen LogP contribution in [0.5, 0.6) is 0 Å². The fraction of sp³-hybridized carbons (Fsp3) is 0.0833. The van der Waals surface area contributed by atoms with Crippen LogP contribution in [0.3, 0.4) is 0 Å². The summed E-state index contributed by atoms with van der Waals surface area (Å²) in [7, 11) is 0. The molecule has 2 heterocycles. The molecule has 3 nitrogen and oxygen atoms in total. The normalized spacial score (nSPS) is 11.0. The summed E-state index contributed by atoms with van der Waals surface area (Å²) < 4.78 is 10.5. The molecule has 0 fully saturated rings. The SMILES string of the molecule is Cc1ccc(/C=C/c2ccc(C=O)o2)o1. The van der Waals surface area contributed by atoms with Gasteiger partial charge in [0.25, 0.3) is 0 Å². The molecule has 0 aliphatic heterocycles. The highest BCUT2D eigenvalue weighted by Crippen LogP contribution is 2.12. The average Bonchev–Trinajstić information content (AvgIpc) is 2.83. The first kappa shape index (κ1) is 9.52. The second kappa shape index (κ2) is 4.00. The lowest BCUT2D eigenvalue weighted by atomic mass is 10.3. The van der Waals surface area contributed by atoms with E-state index in [2.05, 4.69) is 0 Å². The summed E-state index contributed by atoms with van der Waals surface area (Å²) in [6.07, 6.45) is 4.22. The molecule has 15 heavy (non-hydrogen) atoms. The highest BCUT2D eigenvalue weighted by atomic mass is 16.3. The number of rotatable bonds is 3. The number of carbonyl (C=O) groups is 1. The van der Waals surface area contributed by atoms with Gasteiger partial charge in [0.05, 0.1) is 0 Å². The third-order valence-corrected chi connectivity index (χ3v) is 1.94. The Kier molecular flexibility index (Phi) is 2.54. The van der Waals surface area contributed by atoms with Crippen LogP contribution in [0.4, 0.5) is 0 Å². The second-order valence-electron chi connectivity index (χ2n) is 3.14. The van der Waals surface area contributed by atoms with Gasteiger partial charge in [-0.15, -0.1) is 0 Å². The minimum atomic E-state index is 0.324. The van der Waals surface area contributed by atoms with Gasteiger partial charge in [0.1, 0.15) is 17.3 Å². The first-order valence-corrected chi connectivity index (χ1v) is 4.57. The molecule has 2 aromatic heterocycles. The molecule has 0 N–H and O–H groups in total. The smallest absolute Gasteiger partial charge is 0.185 e. The van der Waals surface area contributed by atoms with Gasteiger partial charge >= 0.3 is 0 Å². The number of aldehydes is 1. The van der Waals surface area contributed by atoms with Crippen molar-refractivity contribution in [2.75, 3.05) is 0 Å². The molecule has 76 valence electrons. The summed E-state index contributed by atoms with van der Waals surface area (Å²) in [5.74, 6) is 2.58. The van der Waals surface area contributed by atoms with Crippen molar-refractivity contribution in [1.29, 1.82) is 0 Å². The molecule has 0 radical (unpaired) electrons. The molecular formula is C12H10O3. The monoisotopic (exact) mass is 202 g/mol. The predicted octanol–water partition coefficient (Wildman–Crippen LogP) is 3.16. The Morgan fingerprint density at radius 2 is 1.53 bits per heavy atom. The van der Waals surface area contributed by atoms with Crippen LogP contribution in [0.1, 0.15) is 27.8 Å². The van der Waals surface area contributed by atoms with Crippen LogP contribution in [0.25, 0.3) is 12.2 Å². The Morgan fingerprint density at radius 1 is 0.933 bits per heavy atom. The molecule has 0 spiro atoms. The fourth-order valence-corrected chi connectivity index (χ4v) is 1.23. The maximum absolute atomic E-state index is 10.4. The van der Waals surface area contributed by atoms with E-state index in [9.17, 15) is 4.79 Å². The number of furan rings is 2. The van der Waals surface area contributed by atoms with E-state index in [0.717, 1.165) is 11.5 Å². The Balaban J connectivity index is 2.14. The molecule has 0 unspecified atom stereocenters. The van der Waals surface area contributed by atoms with Gasteiger partial charge < -0.3 is 8.83 Å². The van der Waals surface area contributed by atoms with Gasteiger partial charge in [-0.25, -0.2) is 0 Å². The zero-order valence-electron chi connectivity index (χ0n) is 8.27. The molecule has 0 saturated carbocycles. The van der Waals surface area contributed by atoms with Crippen LogP contribution in [0.15, 0.2) is 33.1 Å². The molecule has 3 heteroatoms. The maximum Gasteiger partial charge on any atom is 0.185 e. The molecular weight excluding hydrogens is 192 g/mol. The van der Waals surface area contributed by atoms with Crippen molar-refractivity contribution in [3.63, 3.8) is 0 Å². The van der Waals surface area contributed by atoms with Crippen LogP contribution in [0, 0.1) is 6.92 Å². The van der Waals surface area contributed by atoms with E-state index in [0.29, 0.717) is 17.8 Å². The van der Waals surface area contributed by atoms with Crippen LogP contribution < -0.4 is 0 Å². The first-order valence-electron chi connectivity index (χ1n) is 4.57. The standard InChI is InChI=1S/C12H10O3/c1-9-2-3-10(14-9)4-5-11-6-7-12(8-13)15-11/h2-8H,1H3/b5-4+. The molecule has 0 aliphatic rings. The number of hydrogen-bond acceptors (Lipinski definition) is 3. The van der Waals surface area contributed by atoms with Crippen molar-refractivity contribution >= 4 is 18.4 Å². The molecule has 0 aliphatic carbocycles. The molecule has 0 bridgehead atoms. The molecule has 2 aromatic rings. The van der Waals surface area contributed by atoms with Crippen molar-refractivity contribution in [1.82, 2.24) is 0 Å². The van der Waals surface area contributed by atoms with Crippen LogP contribution in [0.2, 0.25) is 0 Å². The highest BCUT2D eigenvalue weighted by Gasteiger charge is 1.97. The zero-order valence-corrected chi connectivity index (χ0v) is 8.27. The van der Waals surface area contributed by atoms with Crippen LogP contribution in [-0.2, 0) is 0 Å². The first-order chi connectivity index (χ1) is 7.28. The van der Waals surface area contributed by atoms with E-state index >= 15 is 0 Å². The van der Waals surface area contributed by atoms with Crippen molar-refractivity contribution in [3.05, 3.63) is 47.3 Å². The van der Waals surface area contributed by atoms with Gasteiger partial charge in [-0.2, -0.15) is 0 Å². The van der Waals surface area contributed by atoms with E-state index < -0.39 is 0 Å². The molecule has 2 rings (SSSR count). The number of hydrogen-bond donors (Lipinski definition) is 0. The summed E-state index contributed by atoms with van der Waals surface area (Å²) in [6, 6.07) is 7.12. The van der Waals surface area contributed by atoms with E-state index in [1.165, 1.54) is 0 Å². The van der Waals surface area contributed by atoms with Gasteiger partial charge in [0, 0.05) is 0 Å². The molecule has 0 aromatic carbocycles. The highest BCUT2D eigenvalue weighted by molar-refractivity contribution is 5.72. The third kappa shape index (κ3) is 2.26. The quantitative estimate of drug-likeness (QED) is 0.718. The van der Waals surface area contributed by atoms with E-state index in [1.54, 1.807) is 24.3 Å². The van der Waals surface area contributed by atoms with Gasteiger partial charge in [-0.1, -0.05) is 0 Å². The fourth-order valence-electron chi connectivity index (χ4n) is 1.23. The zero-order chi connectivity index (χ0) is 10.7. The van der Waals surface area contributed by atoms with E-state index in [4.69, 9.17) is 8.83 Å². The van der Waals surface area contributed by atoms with E-state index in [-0.39, 0.29) is 0 Å². The van der Waals surface area contributed by atoms with Crippen molar-refractivity contribution in [2.45, 2.75) is 6.92 Å². The molecule has 0 atom stereocenters. The van der Waals surface area contributed by atoms with Gasteiger partial charge in [0.2, 0.25) is 0 Å². The van der Waals surface area contributed by atoms with Gasteiger partial charge in [-0.05, 0) is 43.3 Å². The van der Waals surface area contributed by atoms with Crippen LogP contribution in [-0.4, -0.2) is 6.29 Å². The average molecular weight is 202 g/mol. The summed E-state index contributed by atoms with van der Waals surface area (Å²) in [6.45, 7) is 1.88. The summed E-state index contributed by atoms with van der Waals surface area (Å²) in [5.41, 5.74) is 0.